The van der Waals surface area contributed by atoms with Crippen LogP contribution in [0.2, 0.25) is 5.02 Å². The van der Waals surface area contributed by atoms with Crippen molar-refractivity contribution in [2.45, 2.75) is 51.9 Å². The van der Waals surface area contributed by atoms with E-state index in [1.54, 1.807) is 24.3 Å². The number of hydrogen-bond donors (Lipinski definition) is 1. The number of halogens is 2. The Morgan fingerprint density at radius 1 is 1.15 bits per heavy atom. The van der Waals surface area contributed by atoms with Gasteiger partial charge in [-0.1, -0.05) is 35.9 Å². The number of carbonyl (C=O) groups excluding carboxylic acids is 1. The second kappa shape index (κ2) is 11.5. The fraction of sp³-hybridized carbons (Fsp3) is 0.333. The summed E-state index contributed by atoms with van der Waals surface area (Å²) in [5.74, 6) is -0.647. The number of carboxylic acids is 1. The highest BCUT2D eigenvalue weighted by molar-refractivity contribution is 6.30. The van der Waals surface area contributed by atoms with Crippen molar-refractivity contribution < 1.29 is 33.3 Å². The van der Waals surface area contributed by atoms with Gasteiger partial charge < -0.3 is 24.2 Å². The number of ether oxygens (including phenoxy) is 3. The van der Waals surface area contributed by atoms with Gasteiger partial charge in [0.2, 0.25) is 0 Å². The largest absolute Gasteiger partial charge is 0.493 e. The lowest BCUT2D eigenvalue weighted by molar-refractivity contribution is -0.137. The molecule has 7 nitrogen and oxygen atoms in total. The monoisotopic (exact) mass is 555 g/mol. The van der Waals surface area contributed by atoms with Crippen molar-refractivity contribution in [1.29, 1.82) is 0 Å². The normalized spacial score (nSPS) is 16.0. The first-order valence-electron chi connectivity index (χ1n) is 12.6. The van der Waals surface area contributed by atoms with Crippen LogP contribution >= 0.6 is 11.6 Å². The van der Waals surface area contributed by atoms with Gasteiger partial charge in [0, 0.05) is 29.5 Å². The molecule has 39 heavy (non-hydrogen) atoms. The zero-order chi connectivity index (χ0) is 28.3. The van der Waals surface area contributed by atoms with Crippen molar-refractivity contribution in [3.63, 3.8) is 0 Å². The molecule has 0 unspecified atom stereocenters. The van der Waals surface area contributed by atoms with Gasteiger partial charge in [-0.25, -0.2) is 4.39 Å². The Bertz CT molecular complexity index is 1390. The summed E-state index contributed by atoms with van der Waals surface area (Å²) in [5.41, 5.74) is 1.72. The SMILES string of the molecule is COc1cc(C(=O)N(CC(=O)O)Cc2ccccc2OC(C)C)cc2c1O[C@](C)(Cc1ccc(Cl)c(F)c1)C2. The number of aliphatic carboxylic acids is 1. The van der Waals surface area contributed by atoms with Crippen molar-refractivity contribution in [2.24, 2.45) is 0 Å². The van der Waals surface area contributed by atoms with E-state index in [2.05, 4.69) is 0 Å². The number of carbonyl (C=O) groups is 2. The van der Waals surface area contributed by atoms with Gasteiger partial charge in [-0.3, -0.25) is 9.59 Å². The first kappa shape index (κ1) is 28.2. The standard InChI is InChI=1S/C30H31ClFNO6/c1-18(2)38-25-8-6-5-7-20(25)16-33(17-27(34)35)29(36)21-12-22-15-30(3,39-28(22)26(13-21)37-4)14-19-9-10-23(31)24(32)11-19/h5-13,18H,14-17H2,1-4H3,(H,34,35)/t30-/m1/s1. The lowest BCUT2D eigenvalue weighted by Crippen LogP contribution is -2.35. The molecule has 1 aliphatic heterocycles. The van der Waals surface area contributed by atoms with Gasteiger partial charge in [0.25, 0.3) is 5.91 Å². The Labute approximate surface area is 232 Å². The maximum atomic E-state index is 14.0. The van der Waals surface area contributed by atoms with Crippen molar-refractivity contribution in [2.75, 3.05) is 13.7 Å². The van der Waals surface area contributed by atoms with Gasteiger partial charge >= 0.3 is 5.97 Å². The second-order valence-corrected chi connectivity index (χ2v) is 10.6. The van der Waals surface area contributed by atoms with E-state index in [4.69, 9.17) is 25.8 Å². The summed E-state index contributed by atoms with van der Waals surface area (Å²) in [5, 5.41) is 9.62. The molecule has 0 spiro atoms. The van der Waals surface area contributed by atoms with Gasteiger partial charge in [0.15, 0.2) is 11.5 Å². The van der Waals surface area contributed by atoms with Gasteiger partial charge in [-0.2, -0.15) is 0 Å². The van der Waals surface area contributed by atoms with Gasteiger partial charge in [-0.05, 0) is 56.7 Å². The minimum Gasteiger partial charge on any atom is -0.493 e. The molecule has 206 valence electrons. The molecule has 3 aromatic carbocycles. The molecule has 0 saturated heterocycles. The average molecular weight is 556 g/mol. The van der Waals surface area contributed by atoms with Crippen LogP contribution in [0.25, 0.3) is 0 Å². The lowest BCUT2D eigenvalue weighted by atomic mass is 9.91. The Kier molecular flexibility index (Phi) is 8.35. The molecule has 0 radical (unpaired) electrons. The summed E-state index contributed by atoms with van der Waals surface area (Å²) in [6.07, 6.45) is 0.753. The molecule has 0 bridgehead atoms. The van der Waals surface area contributed by atoms with Crippen molar-refractivity contribution in [3.05, 3.63) is 87.7 Å². The zero-order valence-electron chi connectivity index (χ0n) is 22.3. The number of hydrogen-bond acceptors (Lipinski definition) is 5. The third-order valence-corrected chi connectivity index (χ3v) is 6.69. The van der Waals surface area contributed by atoms with Crippen LogP contribution < -0.4 is 14.2 Å². The fourth-order valence-corrected chi connectivity index (χ4v) is 4.92. The van der Waals surface area contributed by atoms with Crippen LogP contribution in [0.15, 0.2) is 54.6 Å². The number of amides is 1. The number of para-hydroxylation sites is 1. The number of nitrogens with zero attached hydrogens (tertiary/aromatic N) is 1. The van der Waals surface area contributed by atoms with Gasteiger partial charge in [0.05, 0.1) is 24.8 Å². The highest BCUT2D eigenvalue weighted by Crippen LogP contribution is 2.44. The maximum absolute atomic E-state index is 14.0. The molecule has 0 saturated carbocycles. The van der Waals surface area contributed by atoms with Crippen LogP contribution in [-0.4, -0.2) is 47.2 Å². The van der Waals surface area contributed by atoms with Crippen molar-refractivity contribution in [1.82, 2.24) is 4.90 Å². The molecule has 1 aliphatic rings. The highest BCUT2D eigenvalue weighted by atomic mass is 35.5. The van der Waals surface area contributed by atoms with Gasteiger partial charge in [0.1, 0.15) is 23.7 Å². The minimum absolute atomic E-state index is 0.0454. The van der Waals surface area contributed by atoms with E-state index in [-0.39, 0.29) is 23.2 Å². The Hall–Kier alpha value is -3.78. The van der Waals surface area contributed by atoms with Gasteiger partial charge in [-0.15, -0.1) is 0 Å². The summed E-state index contributed by atoms with van der Waals surface area (Å²) in [6, 6.07) is 15.1. The van der Waals surface area contributed by atoms with Crippen LogP contribution in [0, 0.1) is 5.82 Å². The second-order valence-electron chi connectivity index (χ2n) is 10.2. The molecule has 1 atom stereocenters. The van der Waals surface area contributed by atoms with Crippen molar-refractivity contribution >= 4 is 23.5 Å². The molecule has 1 amide bonds. The zero-order valence-corrected chi connectivity index (χ0v) is 23.0. The first-order chi connectivity index (χ1) is 18.5. The highest BCUT2D eigenvalue weighted by Gasteiger charge is 2.38. The first-order valence-corrected chi connectivity index (χ1v) is 13.0. The van der Waals surface area contributed by atoms with E-state index in [1.807, 2.05) is 39.0 Å². The molecule has 1 N–H and O–H groups in total. The lowest BCUT2D eigenvalue weighted by Gasteiger charge is -2.24. The summed E-state index contributed by atoms with van der Waals surface area (Å²) in [4.78, 5) is 26.6. The number of benzene rings is 3. The molecular formula is C30H31ClFNO6. The third kappa shape index (κ3) is 6.63. The van der Waals surface area contributed by atoms with Crippen LogP contribution in [-0.2, 0) is 24.2 Å². The predicted molar refractivity (Wildman–Crippen MR) is 145 cm³/mol. The fourth-order valence-electron chi connectivity index (χ4n) is 4.80. The molecular weight excluding hydrogens is 525 g/mol. The number of rotatable bonds is 10. The van der Waals surface area contributed by atoms with E-state index in [1.165, 1.54) is 24.1 Å². The summed E-state index contributed by atoms with van der Waals surface area (Å²) < 4.78 is 31.7. The van der Waals surface area contributed by atoms with Crippen LogP contribution in [0.5, 0.6) is 17.2 Å². The van der Waals surface area contributed by atoms with Crippen LogP contribution in [0.4, 0.5) is 4.39 Å². The summed E-state index contributed by atoms with van der Waals surface area (Å²) >= 11 is 5.83. The number of methoxy groups -OCH3 is 1. The molecule has 0 fully saturated rings. The Balaban J connectivity index is 1.62. The molecule has 4 rings (SSSR count). The maximum Gasteiger partial charge on any atom is 0.323 e. The number of fused-ring (bicyclic) bond motifs is 1. The van der Waals surface area contributed by atoms with E-state index in [0.717, 1.165) is 11.1 Å². The van der Waals surface area contributed by atoms with Crippen LogP contribution in [0.1, 0.15) is 47.8 Å². The quantitative estimate of drug-likeness (QED) is 0.333. The van der Waals surface area contributed by atoms with E-state index in [0.29, 0.717) is 35.7 Å². The number of carboxylic acid groups (broad SMARTS) is 1. The predicted octanol–water partition coefficient (Wildman–Crippen LogP) is 5.94. The van der Waals surface area contributed by atoms with Crippen molar-refractivity contribution in [3.8, 4) is 17.2 Å². The van der Waals surface area contributed by atoms with E-state index in [9.17, 15) is 19.1 Å². The Morgan fingerprint density at radius 2 is 1.90 bits per heavy atom. The van der Waals surface area contributed by atoms with E-state index >= 15 is 0 Å². The smallest absolute Gasteiger partial charge is 0.323 e. The molecule has 0 aliphatic carbocycles. The van der Waals surface area contributed by atoms with E-state index < -0.39 is 29.8 Å². The van der Waals surface area contributed by atoms with Crippen LogP contribution in [0.3, 0.4) is 0 Å². The summed E-state index contributed by atoms with van der Waals surface area (Å²) in [7, 11) is 1.48. The minimum atomic E-state index is -1.13. The third-order valence-electron chi connectivity index (χ3n) is 6.38. The molecule has 1 heterocycles. The Morgan fingerprint density at radius 3 is 2.56 bits per heavy atom. The molecule has 0 aromatic heterocycles. The summed E-state index contributed by atoms with van der Waals surface area (Å²) in [6.45, 7) is 5.25. The molecule has 3 aromatic rings. The molecule has 9 heteroatoms. The topological polar surface area (TPSA) is 85.3 Å². The average Bonchev–Trinajstić information content (AvgIpc) is 3.21.